The maximum Gasteiger partial charge on any atom is 0.0415 e. The van der Waals surface area contributed by atoms with Crippen LogP contribution in [-0.4, -0.2) is 44.7 Å². The van der Waals surface area contributed by atoms with Gasteiger partial charge >= 0.3 is 0 Å². The quantitative estimate of drug-likeness (QED) is 0.795. The van der Waals surface area contributed by atoms with Gasteiger partial charge in [0.05, 0.1) is 0 Å². The van der Waals surface area contributed by atoms with Crippen molar-refractivity contribution in [2.24, 2.45) is 0 Å². The van der Waals surface area contributed by atoms with Gasteiger partial charge in [-0.05, 0) is 58.3 Å². The number of nitrogens with zero attached hydrogens (tertiary/aromatic N) is 2. The SMILES string of the molecule is CCNCc1cc(Cl)ccc1N(CC)C(C)CN(C)C. The van der Waals surface area contributed by atoms with Gasteiger partial charge in [-0.15, -0.1) is 0 Å². The topological polar surface area (TPSA) is 18.5 Å². The molecule has 20 heavy (non-hydrogen) atoms. The third kappa shape index (κ3) is 4.97. The van der Waals surface area contributed by atoms with E-state index in [1.54, 1.807) is 0 Å². The summed E-state index contributed by atoms with van der Waals surface area (Å²) in [6.45, 7) is 10.5. The molecule has 0 aliphatic carbocycles. The van der Waals surface area contributed by atoms with Crippen molar-refractivity contribution in [1.29, 1.82) is 0 Å². The second-order valence-corrected chi connectivity index (χ2v) is 5.89. The van der Waals surface area contributed by atoms with Crippen LogP contribution in [-0.2, 0) is 6.54 Å². The van der Waals surface area contributed by atoms with Gasteiger partial charge in [0.15, 0.2) is 0 Å². The molecule has 0 amide bonds. The molecule has 0 heterocycles. The van der Waals surface area contributed by atoms with Crippen molar-refractivity contribution in [2.45, 2.75) is 33.4 Å². The van der Waals surface area contributed by atoms with Crippen LogP contribution in [0.3, 0.4) is 0 Å². The van der Waals surface area contributed by atoms with Crippen LogP contribution in [0.25, 0.3) is 0 Å². The lowest BCUT2D eigenvalue weighted by molar-refractivity contribution is 0.372. The van der Waals surface area contributed by atoms with Crippen molar-refractivity contribution < 1.29 is 0 Å². The fourth-order valence-electron chi connectivity index (χ4n) is 2.58. The minimum absolute atomic E-state index is 0.469. The number of rotatable bonds is 8. The van der Waals surface area contributed by atoms with E-state index in [0.717, 1.165) is 31.2 Å². The number of halogens is 1. The highest BCUT2D eigenvalue weighted by Crippen LogP contribution is 2.26. The number of hydrogen-bond acceptors (Lipinski definition) is 3. The third-order valence-corrected chi connectivity index (χ3v) is 3.65. The molecule has 1 unspecified atom stereocenters. The Balaban J connectivity index is 3.00. The summed E-state index contributed by atoms with van der Waals surface area (Å²) in [7, 11) is 4.23. The van der Waals surface area contributed by atoms with Gasteiger partial charge in [0.25, 0.3) is 0 Å². The van der Waals surface area contributed by atoms with Crippen molar-refractivity contribution >= 4 is 17.3 Å². The number of likely N-dealkylation sites (N-methyl/N-ethyl adjacent to an activating group) is 2. The minimum Gasteiger partial charge on any atom is -0.368 e. The number of anilines is 1. The smallest absolute Gasteiger partial charge is 0.0415 e. The Bertz CT molecular complexity index is 407. The molecular formula is C16H28ClN3. The summed E-state index contributed by atoms with van der Waals surface area (Å²) in [5.41, 5.74) is 2.55. The van der Waals surface area contributed by atoms with E-state index in [1.807, 2.05) is 6.07 Å². The van der Waals surface area contributed by atoms with Crippen LogP contribution >= 0.6 is 11.6 Å². The predicted octanol–water partition coefficient (Wildman–Crippen LogP) is 3.23. The van der Waals surface area contributed by atoms with E-state index in [1.165, 1.54) is 11.3 Å². The highest BCUT2D eigenvalue weighted by Gasteiger charge is 2.16. The van der Waals surface area contributed by atoms with Crippen LogP contribution < -0.4 is 10.2 Å². The molecule has 0 aromatic heterocycles. The molecule has 0 saturated heterocycles. The summed E-state index contributed by atoms with van der Waals surface area (Å²) < 4.78 is 0. The molecule has 1 aromatic rings. The lowest BCUT2D eigenvalue weighted by atomic mass is 10.1. The molecular weight excluding hydrogens is 270 g/mol. The average Bonchev–Trinajstić information content (AvgIpc) is 2.38. The molecule has 1 rings (SSSR count). The maximum absolute atomic E-state index is 6.15. The molecule has 0 radical (unpaired) electrons. The minimum atomic E-state index is 0.469. The van der Waals surface area contributed by atoms with Crippen LogP contribution in [0.1, 0.15) is 26.3 Å². The molecule has 0 aliphatic rings. The highest BCUT2D eigenvalue weighted by atomic mass is 35.5. The first-order chi connectivity index (χ1) is 9.49. The first-order valence-corrected chi connectivity index (χ1v) is 7.77. The number of hydrogen-bond donors (Lipinski definition) is 1. The Morgan fingerprint density at radius 3 is 2.50 bits per heavy atom. The van der Waals surface area contributed by atoms with Crippen LogP contribution in [0.5, 0.6) is 0 Å². The summed E-state index contributed by atoms with van der Waals surface area (Å²) in [4.78, 5) is 4.68. The van der Waals surface area contributed by atoms with Crippen molar-refractivity contribution in [3.05, 3.63) is 28.8 Å². The van der Waals surface area contributed by atoms with E-state index in [-0.39, 0.29) is 0 Å². The van der Waals surface area contributed by atoms with Gasteiger partial charge < -0.3 is 15.1 Å². The van der Waals surface area contributed by atoms with E-state index < -0.39 is 0 Å². The molecule has 3 nitrogen and oxygen atoms in total. The van der Waals surface area contributed by atoms with Crippen LogP contribution in [0.2, 0.25) is 5.02 Å². The normalized spacial score (nSPS) is 12.8. The lowest BCUT2D eigenvalue weighted by Crippen LogP contribution is -2.40. The van der Waals surface area contributed by atoms with Gasteiger partial charge in [-0.25, -0.2) is 0 Å². The zero-order valence-electron chi connectivity index (χ0n) is 13.4. The standard InChI is InChI=1S/C16H28ClN3/c1-6-18-11-14-10-15(17)8-9-16(14)20(7-2)13(3)12-19(4)5/h8-10,13,18H,6-7,11-12H2,1-5H3. The Hall–Kier alpha value is -0.770. The summed E-state index contributed by atoms with van der Waals surface area (Å²) >= 11 is 6.15. The predicted molar refractivity (Wildman–Crippen MR) is 89.9 cm³/mol. The summed E-state index contributed by atoms with van der Waals surface area (Å²) in [5.74, 6) is 0. The largest absolute Gasteiger partial charge is 0.368 e. The first-order valence-electron chi connectivity index (χ1n) is 7.40. The third-order valence-electron chi connectivity index (χ3n) is 3.42. The maximum atomic E-state index is 6.15. The van der Waals surface area contributed by atoms with Gasteiger partial charge in [-0.2, -0.15) is 0 Å². The number of benzene rings is 1. The van der Waals surface area contributed by atoms with Gasteiger partial charge in [-0.1, -0.05) is 18.5 Å². The Kier molecular flexibility index (Phi) is 7.35. The molecule has 0 bridgehead atoms. The van der Waals surface area contributed by atoms with Gasteiger partial charge in [0.2, 0.25) is 0 Å². The molecule has 1 N–H and O–H groups in total. The average molecular weight is 298 g/mol. The van der Waals surface area contributed by atoms with Crippen molar-refractivity contribution in [3.63, 3.8) is 0 Å². The number of nitrogens with one attached hydrogen (secondary N) is 1. The zero-order valence-corrected chi connectivity index (χ0v) is 14.2. The van der Waals surface area contributed by atoms with Crippen LogP contribution in [0.4, 0.5) is 5.69 Å². The molecule has 114 valence electrons. The molecule has 1 atom stereocenters. The van der Waals surface area contributed by atoms with E-state index in [4.69, 9.17) is 11.6 Å². The van der Waals surface area contributed by atoms with E-state index in [9.17, 15) is 0 Å². The lowest BCUT2D eigenvalue weighted by Gasteiger charge is -2.33. The van der Waals surface area contributed by atoms with Crippen LogP contribution in [0.15, 0.2) is 18.2 Å². The second-order valence-electron chi connectivity index (χ2n) is 5.45. The fourth-order valence-corrected chi connectivity index (χ4v) is 2.78. The second kappa shape index (κ2) is 8.50. The monoisotopic (exact) mass is 297 g/mol. The highest BCUT2D eigenvalue weighted by molar-refractivity contribution is 6.30. The molecule has 0 fully saturated rings. The Morgan fingerprint density at radius 1 is 1.25 bits per heavy atom. The fraction of sp³-hybridized carbons (Fsp3) is 0.625. The van der Waals surface area contributed by atoms with Gasteiger partial charge in [0, 0.05) is 36.4 Å². The zero-order chi connectivity index (χ0) is 15.1. The molecule has 0 aliphatic heterocycles. The summed E-state index contributed by atoms with van der Waals surface area (Å²) in [6.07, 6.45) is 0. The van der Waals surface area contributed by atoms with Crippen molar-refractivity contribution in [2.75, 3.05) is 38.6 Å². The summed E-state index contributed by atoms with van der Waals surface area (Å²) in [5, 5.41) is 4.20. The Morgan fingerprint density at radius 2 is 1.95 bits per heavy atom. The van der Waals surface area contributed by atoms with Crippen LogP contribution in [0, 0.1) is 0 Å². The van der Waals surface area contributed by atoms with Gasteiger partial charge in [-0.3, -0.25) is 0 Å². The molecule has 4 heteroatoms. The molecule has 0 spiro atoms. The van der Waals surface area contributed by atoms with Crippen molar-refractivity contribution in [3.8, 4) is 0 Å². The molecule has 1 aromatic carbocycles. The molecule has 0 saturated carbocycles. The van der Waals surface area contributed by atoms with E-state index in [0.29, 0.717) is 6.04 Å². The first kappa shape index (κ1) is 17.3. The van der Waals surface area contributed by atoms with Gasteiger partial charge in [0.1, 0.15) is 0 Å². The van der Waals surface area contributed by atoms with E-state index >= 15 is 0 Å². The van der Waals surface area contributed by atoms with Crippen molar-refractivity contribution in [1.82, 2.24) is 10.2 Å². The Labute approximate surface area is 128 Å². The summed E-state index contributed by atoms with van der Waals surface area (Å²) in [6, 6.07) is 6.67. The van der Waals surface area contributed by atoms with E-state index in [2.05, 4.69) is 62.1 Å².